The van der Waals surface area contributed by atoms with Crippen molar-refractivity contribution in [1.29, 1.82) is 0 Å². The number of benzene rings is 2. The zero-order chi connectivity index (χ0) is 39.1. The number of pyridine rings is 1. The molecule has 0 atom stereocenters. The monoisotopic (exact) mass is 731 g/mol. The molecule has 282 valence electrons. The Balaban J connectivity index is 1.70. The molecule has 0 unspecified atom stereocenters. The van der Waals surface area contributed by atoms with Gasteiger partial charge in [-0.05, 0) is 70.4 Å². The summed E-state index contributed by atoms with van der Waals surface area (Å²) in [6, 6.07) is 14.8. The molecule has 2 aromatic carbocycles. The van der Waals surface area contributed by atoms with Gasteiger partial charge in [-0.15, -0.1) is 0 Å². The Morgan fingerprint density at radius 3 is 2.08 bits per heavy atom. The zero-order valence-corrected chi connectivity index (χ0v) is 31.0. The van der Waals surface area contributed by atoms with E-state index in [-0.39, 0.29) is 18.7 Å². The molecule has 1 heterocycles. The second-order valence-electron chi connectivity index (χ2n) is 12.4. The van der Waals surface area contributed by atoms with E-state index < -0.39 is 55.5 Å². The Morgan fingerprint density at radius 1 is 0.774 bits per heavy atom. The Morgan fingerprint density at radius 2 is 1.43 bits per heavy atom. The largest absolute Gasteiger partial charge is 0.473 e. The highest BCUT2D eigenvalue weighted by Crippen LogP contribution is 2.40. The summed E-state index contributed by atoms with van der Waals surface area (Å²) in [4.78, 5) is 63.5. The molecule has 0 spiro atoms. The van der Waals surface area contributed by atoms with Crippen molar-refractivity contribution >= 4 is 35.4 Å². The van der Waals surface area contributed by atoms with Crippen LogP contribution in [0.15, 0.2) is 65.8 Å². The number of rotatable bonds is 16. The molecule has 14 heteroatoms. The predicted molar refractivity (Wildman–Crippen MR) is 198 cm³/mol. The van der Waals surface area contributed by atoms with Crippen molar-refractivity contribution in [1.82, 2.24) is 26.3 Å². The molecular formula is C39H46FN5O8. The standard InChI is InChI=1S/C39H46FN5O8/c1-23(2)15-16-51-38-25(5)17-31(26(6)45-38)36-29(28-11-9-8-10-12-28)13-14-30(37(36)40)32(24(3)4)18-44-39(50)53-22-52-35(49)21-43-34(48)20-42-33(47)19-41-27(7)46/h8-15,17H,16,18-22H2,1-7H3,(H,41,46)(H,42,47)(H,43,48)(H,44,50). The molecule has 0 fully saturated rings. The van der Waals surface area contributed by atoms with Gasteiger partial charge in [0.2, 0.25) is 30.4 Å². The maximum atomic E-state index is 16.9. The average Bonchev–Trinajstić information content (AvgIpc) is 3.11. The van der Waals surface area contributed by atoms with Gasteiger partial charge >= 0.3 is 12.1 Å². The summed E-state index contributed by atoms with van der Waals surface area (Å²) in [6.07, 6.45) is 1.02. The van der Waals surface area contributed by atoms with Gasteiger partial charge in [0.25, 0.3) is 0 Å². The fourth-order valence-electron chi connectivity index (χ4n) is 4.93. The lowest BCUT2D eigenvalue weighted by molar-refractivity contribution is -0.151. The van der Waals surface area contributed by atoms with Crippen LogP contribution in [0.4, 0.5) is 9.18 Å². The number of nitrogens with zero attached hydrogens (tertiary/aromatic N) is 1. The summed E-state index contributed by atoms with van der Waals surface area (Å²) in [5.41, 5.74) is 6.39. The lowest BCUT2D eigenvalue weighted by atomic mass is 9.88. The molecule has 4 N–H and O–H groups in total. The van der Waals surface area contributed by atoms with Crippen LogP contribution in [0.5, 0.6) is 5.88 Å². The van der Waals surface area contributed by atoms with Crippen molar-refractivity contribution in [2.24, 2.45) is 0 Å². The van der Waals surface area contributed by atoms with E-state index in [1.165, 1.54) is 6.92 Å². The molecule has 0 aliphatic heterocycles. The van der Waals surface area contributed by atoms with Crippen molar-refractivity contribution in [2.45, 2.75) is 48.5 Å². The van der Waals surface area contributed by atoms with Crippen LogP contribution in [-0.2, 0) is 28.7 Å². The van der Waals surface area contributed by atoms with E-state index in [0.29, 0.717) is 40.4 Å². The van der Waals surface area contributed by atoms with Crippen LogP contribution in [0.1, 0.15) is 51.4 Å². The maximum absolute atomic E-state index is 16.9. The smallest absolute Gasteiger partial charge is 0.410 e. The van der Waals surface area contributed by atoms with Crippen LogP contribution < -0.4 is 26.0 Å². The van der Waals surface area contributed by atoms with Gasteiger partial charge in [0.05, 0.1) is 13.1 Å². The summed E-state index contributed by atoms with van der Waals surface area (Å²) in [5.74, 6) is -2.60. The van der Waals surface area contributed by atoms with Gasteiger partial charge in [0, 0.05) is 41.4 Å². The minimum absolute atomic E-state index is 0.104. The van der Waals surface area contributed by atoms with Crippen LogP contribution in [0.25, 0.3) is 27.8 Å². The number of allylic oxidation sites excluding steroid dienone is 2. The topological polar surface area (TPSA) is 174 Å². The van der Waals surface area contributed by atoms with Crippen molar-refractivity contribution < 1.29 is 42.6 Å². The fraction of sp³-hybridized carbons (Fsp3) is 0.333. The third-order valence-electron chi connectivity index (χ3n) is 7.69. The van der Waals surface area contributed by atoms with Crippen molar-refractivity contribution in [3.8, 4) is 28.1 Å². The lowest BCUT2D eigenvalue weighted by Gasteiger charge is -2.20. The van der Waals surface area contributed by atoms with E-state index in [0.717, 1.165) is 22.3 Å². The van der Waals surface area contributed by atoms with E-state index in [1.807, 2.05) is 69.3 Å². The van der Waals surface area contributed by atoms with Crippen LogP contribution in [-0.4, -0.2) is 74.3 Å². The first kappa shape index (κ1) is 41.4. The number of carbonyl (C=O) groups is 5. The van der Waals surface area contributed by atoms with Crippen molar-refractivity contribution in [3.05, 3.63) is 88.4 Å². The SMILES string of the molecule is CC(=O)NCC(=O)NCC(=O)NCC(=O)OCOC(=O)NCC(=C(C)C)c1ccc(-c2ccccc2)c(-c2cc(C)c(OCC=C(C)C)nc2C)c1F. The summed E-state index contributed by atoms with van der Waals surface area (Å²) in [7, 11) is 0. The van der Waals surface area contributed by atoms with E-state index in [2.05, 4.69) is 21.3 Å². The number of ether oxygens (including phenoxy) is 3. The number of nitrogens with one attached hydrogen (secondary N) is 4. The van der Waals surface area contributed by atoms with E-state index in [9.17, 15) is 24.0 Å². The average molecular weight is 732 g/mol. The highest BCUT2D eigenvalue weighted by Gasteiger charge is 2.23. The first-order chi connectivity index (χ1) is 25.2. The van der Waals surface area contributed by atoms with Gasteiger partial charge in [-0.1, -0.05) is 53.6 Å². The molecule has 0 aliphatic rings. The second-order valence-corrected chi connectivity index (χ2v) is 12.4. The van der Waals surface area contributed by atoms with Gasteiger partial charge in [-0.2, -0.15) is 0 Å². The third kappa shape index (κ3) is 12.9. The first-order valence-electron chi connectivity index (χ1n) is 16.8. The van der Waals surface area contributed by atoms with Gasteiger partial charge in [0.15, 0.2) is 0 Å². The minimum atomic E-state index is -0.927. The predicted octanol–water partition coefficient (Wildman–Crippen LogP) is 4.91. The molecular weight excluding hydrogens is 685 g/mol. The number of esters is 1. The quantitative estimate of drug-likeness (QED) is 0.0908. The molecule has 4 amide bonds. The Hall–Kier alpha value is -6.05. The number of amides is 4. The van der Waals surface area contributed by atoms with E-state index >= 15 is 4.39 Å². The number of hydrogen-bond acceptors (Lipinski definition) is 9. The number of alkyl carbamates (subject to hydrolysis) is 1. The number of aromatic nitrogens is 1. The lowest BCUT2D eigenvalue weighted by Crippen LogP contribution is -2.42. The zero-order valence-electron chi connectivity index (χ0n) is 31.0. The molecule has 1 aromatic heterocycles. The van der Waals surface area contributed by atoms with Gasteiger partial charge in [-0.3, -0.25) is 19.2 Å². The fourth-order valence-corrected chi connectivity index (χ4v) is 4.93. The molecule has 0 bridgehead atoms. The van der Waals surface area contributed by atoms with Crippen LogP contribution in [0.3, 0.4) is 0 Å². The van der Waals surface area contributed by atoms with Gasteiger partial charge < -0.3 is 35.5 Å². The molecule has 0 aliphatic carbocycles. The normalized spacial score (nSPS) is 10.3. The summed E-state index contributed by atoms with van der Waals surface area (Å²) in [6.45, 7) is 10.7. The van der Waals surface area contributed by atoms with E-state index in [1.54, 1.807) is 26.8 Å². The number of halogens is 1. The van der Waals surface area contributed by atoms with Crippen LogP contribution >= 0.6 is 0 Å². The summed E-state index contributed by atoms with van der Waals surface area (Å²) < 4.78 is 32.6. The van der Waals surface area contributed by atoms with Gasteiger partial charge in [0.1, 0.15) is 19.0 Å². The number of aryl methyl sites for hydroxylation is 2. The Labute approximate surface area is 308 Å². The molecule has 3 aromatic rings. The second kappa shape index (κ2) is 20.1. The minimum Gasteiger partial charge on any atom is -0.473 e. The summed E-state index contributed by atoms with van der Waals surface area (Å²) >= 11 is 0. The Kier molecular flexibility index (Phi) is 15.7. The van der Waals surface area contributed by atoms with Crippen molar-refractivity contribution in [2.75, 3.05) is 39.6 Å². The number of carbonyl (C=O) groups excluding carboxylic acids is 5. The third-order valence-corrected chi connectivity index (χ3v) is 7.69. The van der Waals surface area contributed by atoms with Crippen molar-refractivity contribution in [3.63, 3.8) is 0 Å². The van der Waals surface area contributed by atoms with E-state index in [4.69, 9.17) is 19.2 Å². The van der Waals surface area contributed by atoms with Gasteiger partial charge in [-0.25, -0.2) is 14.2 Å². The molecule has 0 radical (unpaired) electrons. The molecule has 53 heavy (non-hydrogen) atoms. The molecule has 13 nitrogen and oxygen atoms in total. The summed E-state index contributed by atoms with van der Waals surface area (Å²) in [5, 5.41) is 9.37. The first-order valence-corrected chi connectivity index (χ1v) is 16.8. The molecule has 3 rings (SSSR count). The Bertz CT molecular complexity index is 1880. The maximum Gasteiger partial charge on any atom is 0.410 e. The highest BCUT2D eigenvalue weighted by molar-refractivity contribution is 5.90. The number of hydrogen-bond donors (Lipinski definition) is 4. The highest BCUT2D eigenvalue weighted by atomic mass is 19.1. The van der Waals surface area contributed by atoms with Crippen LogP contribution in [0.2, 0.25) is 0 Å². The molecule has 0 saturated carbocycles. The van der Waals surface area contributed by atoms with Crippen LogP contribution in [0, 0.1) is 19.7 Å². The molecule has 0 saturated heterocycles.